The van der Waals surface area contributed by atoms with Crippen molar-refractivity contribution in [2.75, 3.05) is 19.6 Å². The molecule has 136 valence electrons. The van der Waals surface area contributed by atoms with E-state index in [0.29, 0.717) is 17.6 Å². The van der Waals surface area contributed by atoms with Crippen LogP contribution < -0.4 is 0 Å². The number of carbonyl (C=O) groups is 1. The minimum Gasteiger partial charge on any atom is -0.303 e. The summed E-state index contributed by atoms with van der Waals surface area (Å²) < 4.78 is 2.12. The molecule has 1 saturated heterocycles. The summed E-state index contributed by atoms with van der Waals surface area (Å²) in [6, 6.07) is 0. The van der Waals surface area contributed by atoms with Gasteiger partial charge < -0.3 is 4.90 Å². The first-order valence-electron chi connectivity index (χ1n) is 9.77. The number of nitrogens with zero attached hydrogens (tertiary/aromatic N) is 3. The molecule has 1 aromatic rings. The van der Waals surface area contributed by atoms with Crippen LogP contribution in [0.2, 0.25) is 0 Å². The van der Waals surface area contributed by atoms with Crippen LogP contribution in [0.15, 0.2) is 12.4 Å². The molecule has 24 heavy (non-hydrogen) atoms. The van der Waals surface area contributed by atoms with E-state index in [-0.39, 0.29) is 5.92 Å². The zero-order valence-electron chi connectivity index (χ0n) is 16.0. The second kappa shape index (κ2) is 9.36. The Labute approximate surface area is 147 Å². The molecule has 0 aliphatic carbocycles. The van der Waals surface area contributed by atoms with Gasteiger partial charge in [0.05, 0.1) is 6.20 Å². The van der Waals surface area contributed by atoms with Crippen LogP contribution in [0.5, 0.6) is 0 Å². The molecule has 2 unspecified atom stereocenters. The van der Waals surface area contributed by atoms with Gasteiger partial charge in [-0.1, -0.05) is 27.7 Å². The predicted octanol–water partition coefficient (Wildman–Crippen LogP) is 4.11. The van der Waals surface area contributed by atoms with Crippen LogP contribution in [0.25, 0.3) is 0 Å². The summed E-state index contributed by atoms with van der Waals surface area (Å²) in [4.78, 5) is 14.5. The Bertz CT molecular complexity index is 509. The third-order valence-electron chi connectivity index (χ3n) is 5.43. The van der Waals surface area contributed by atoms with Crippen molar-refractivity contribution < 1.29 is 4.79 Å². The van der Waals surface area contributed by atoms with Gasteiger partial charge in [0.1, 0.15) is 5.78 Å². The van der Waals surface area contributed by atoms with E-state index in [0.717, 1.165) is 38.9 Å². The second-order valence-corrected chi connectivity index (χ2v) is 7.84. The van der Waals surface area contributed by atoms with Gasteiger partial charge in [0, 0.05) is 31.6 Å². The molecule has 0 bridgehead atoms. The zero-order chi connectivity index (χ0) is 17.5. The summed E-state index contributed by atoms with van der Waals surface area (Å²) >= 11 is 0. The molecule has 1 aliphatic rings. The summed E-state index contributed by atoms with van der Waals surface area (Å²) in [5.41, 5.74) is 1.33. The molecule has 1 aliphatic heterocycles. The number of likely N-dealkylation sites (tertiary alicyclic amines) is 1. The fraction of sp³-hybridized carbons (Fsp3) is 0.800. The lowest BCUT2D eigenvalue weighted by atomic mass is 9.96. The highest BCUT2D eigenvalue weighted by Crippen LogP contribution is 2.20. The molecule has 0 radical (unpaired) electrons. The molecule has 4 heteroatoms. The Kier molecular flexibility index (Phi) is 7.47. The maximum Gasteiger partial charge on any atom is 0.135 e. The van der Waals surface area contributed by atoms with Crippen LogP contribution in [0, 0.1) is 11.8 Å². The normalized spacial score (nSPS) is 20.5. The van der Waals surface area contributed by atoms with E-state index in [2.05, 4.69) is 48.6 Å². The first kappa shape index (κ1) is 19.2. The van der Waals surface area contributed by atoms with Gasteiger partial charge in [0.2, 0.25) is 0 Å². The Balaban J connectivity index is 1.74. The minimum atomic E-state index is 0.231. The first-order valence-corrected chi connectivity index (χ1v) is 9.77. The lowest BCUT2D eigenvalue weighted by molar-refractivity contribution is -0.122. The lowest BCUT2D eigenvalue weighted by Crippen LogP contribution is -2.37. The molecule has 2 rings (SSSR count). The van der Waals surface area contributed by atoms with Gasteiger partial charge in [-0.15, -0.1) is 0 Å². The monoisotopic (exact) mass is 333 g/mol. The Morgan fingerprint density at radius 2 is 2.17 bits per heavy atom. The van der Waals surface area contributed by atoms with Gasteiger partial charge >= 0.3 is 0 Å². The average Bonchev–Trinajstić information content (AvgIpc) is 3.03. The van der Waals surface area contributed by atoms with Crippen LogP contribution in [0.3, 0.4) is 0 Å². The zero-order valence-corrected chi connectivity index (χ0v) is 16.0. The van der Waals surface area contributed by atoms with E-state index in [4.69, 9.17) is 0 Å². The van der Waals surface area contributed by atoms with Crippen LogP contribution in [0.4, 0.5) is 0 Å². The Morgan fingerprint density at radius 1 is 1.38 bits per heavy atom. The number of ketones is 1. The quantitative estimate of drug-likeness (QED) is 0.682. The minimum absolute atomic E-state index is 0.231. The lowest BCUT2D eigenvalue weighted by Gasteiger charge is -2.32. The number of carbonyl (C=O) groups excluding carboxylic acids is 1. The van der Waals surface area contributed by atoms with Gasteiger partial charge in [0.25, 0.3) is 0 Å². The molecule has 1 fully saturated rings. The van der Waals surface area contributed by atoms with Crippen molar-refractivity contribution in [1.82, 2.24) is 14.7 Å². The van der Waals surface area contributed by atoms with Crippen LogP contribution in [-0.4, -0.2) is 40.1 Å². The van der Waals surface area contributed by atoms with Crippen molar-refractivity contribution in [3.05, 3.63) is 18.0 Å². The highest BCUT2D eigenvalue weighted by atomic mass is 16.1. The maximum absolute atomic E-state index is 11.9. The number of rotatable bonds is 9. The largest absolute Gasteiger partial charge is 0.303 e. The van der Waals surface area contributed by atoms with E-state index < -0.39 is 0 Å². The van der Waals surface area contributed by atoms with Crippen molar-refractivity contribution in [2.24, 2.45) is 11.8 Å². The Hall–Kier alpha value is -1.16. The highest BCUT2D eigenvalue weighted by Gasteiger charge is 2.21. The molecule has 2 heterocycles. The molecule has 4 nitrogen and oxygen atoms in total. The third-order valence-corrected chi connectivity index (χ3v) is 5.43. The molecule has 1 aromatic heterocycles. The van der Waals surface area contributed by atoms with Crippen molar-refractivity contribution in [1.29, 1.82) is 0 Å². The van der Waals surface area contributed by atoms with E-state index >= 15 is 0 Å². The van der Waals surface area contributed by atoms with Gasteiger partial charge in [-0.25, -0.2) is 0 Å². The first-order chi connectivity index (χ1) is 11.5. The van der Waals surface area contributed by atoms with Crippen molar-refractivity contribution >= 4 is 5.78 Å². The van der Waals surface area contributed by atoms with Crippen LogP contribution in [-0.2, 0) is 11.3 Å². The topological polar surface area (TPSA) is 38.1 Å². The van der Waals surface area contributed by atoms with Gasteiger partial charge in [-0.3, -0.25) is 9.48 Å². The Morgan fingerprint density at radius 3 is 2.83 bits per heavy atom. The van der Waals surface area contributed by atoms with E-state index in [1.807, 2.05) is 6.20 Å². The molecule has 0 spiro atoms. The number of hydrogen-bond acceptors (Lipinski definition) is 3. The molecule has 2 atom stereocenters. The number of piperidine rings is 1. The van der Waals surface area contributed by atoms with Crippen LogP contribution in [0.1, 0.15) is 71.3 Å². The maximum atomic E-state index is 11.9. The number of aromatic nitrogens is 2. The summed E-state index contributed by atoms with van der Waals surface area (Å²) in [7, 11) is 0. The molecular weight excluding hydrogens is 298 g/mol. The van der Waals surface area contributed by atoms with Crippen molar-refractivity contribution in [3.8, 4) is 0 Å². The van der Waals surface area contributed by atoms with E-state index in [1.165, 1.54) is 24.9 Å². The number of Topliss-reactive ketones (excluding diaryl/α,β-unsaturated/α-hetero) is 1. The fourth-order valence-corrected chi connectivity index (χ4v) is 3.50. The molecule has 0 saturated carbocycles. The molecular formula is C20H35N3O. The van der Waals surface area contributed by atoms with Gasteiger partial charge in [-0.05, 0) is 56.2 Å². The second-order valence-electron chi connectivity index (χ2n) is 7.84. The number of hydrogen-bond donors (Lipinski definition) is 0. The standard InChI is InChI=1S/C20H35N3O/c1-5-17(4)20(24)9-7-11-22-10-6-8-18(13-22)14-23-15-19(12-21-23)16(2)3/h12,15-18H,5-11,13-14H2,1-4H3. The molecule has 0 aromatic carbocycles. The summed E-state index contributed by atoms with van der Waals surface area (Å²) in [6.45, 7) is 13.0. The van der Waals surface area contributed by atoms with Crippen molar-refractivity contribution in [2.45, 2.75) is 72.3 Å². The molecule has 0 amide bonds. The van der Waals surface area contributed by atoms with E-state index in [9.17, 15) is 4.79 Å². The summed E-state index contributed by atoms with van der Waals surface area (Å²) in [5.74, 6) is 1.89. The van der Waals surface area contributed by atoms with Crippen LogP contribution >= 0.6 is 0 Å². The fourth-order valence-electron chi connectivity index (χ4n) is 3.50. The summed E-state index contributed by atoms with van der Waals surface area (Å²) in [5, 5.41) is 4.52. The average molecular weight is 334 g/mol. The smallest absolute Gasteiger partial charge is 0.135 e. The highest BCUT2D eigenvalue weighted by molar-refractivity contribution is 5.80. The molecule has 0 N–H and O–H groups in total. The van der Waals surface area contributed by atoms with Gasteiger partial charge in [0.15, 0.2) is 0 Å². The SMILES string of the molecule is CCC(C)C(=O)CCCN1CCCC(Cn2cc(C(C)C)cn2)C1. The van der Waals surface area contributed by atoms with Gasteiger partial charge in [-0.2, -0.15) is 5.10 Å². The predicted molar refractivity (Wildman–Crippen MR) is 99.2 cm³/mol. The van der Waals surface area contributed by atoms with E-state index in [1.54, 1.807) is 0 Å². The summed E-state index contributed by atoms with van der Waals surface area (Å²) in [6.07, 6.45) is 9.48. The third kappa shape index (κ3) is 5.73. The van der Waals surface area contributed by atoms with Crippen molar-refractivity contribution in [3.63, 3.8) is 0 Å².